The van der Waals surface area contributed by atoms with E-state index in [9.17, 15) is 4.79 Å². The topological polar surface area (TPSA) is 109 Å². The normalized spacial score (nSPS) is 12.1. The molecule has 1 aromatic carbocycles. The van der Waals surface area contributed by atoms with Gasteiger partial charge in [0.25, 0.3) is 0 Å². The summed E-state index contributed by atoms with van der Waals surface area (Å²) in [6.45, 7) is 9.86. The molecule has 0 fully saturated rings. The van der Waals surface area contributed by atoms with Gasteiger partial charge in [-0.05, 0) is 70.7 Å². The highest BCUT2D eigenvalue weighted by molar-refractivity contribution is 5.67. The third-order valence-electron chi connectivity index (χ3n) is 5.86. The summed E-state index contributed by atoms with van der Waals surface area (Å²) >= 11 is 0. The highest BCUT2D eigenvalue weighted by Gasteiger charge is 2.19. The second-order valence-electron chi connectivity index (χ2n) is 10.6. The maximum Gasteiger partial charge on any atom is 0.410 e. The molecular formula is C29H47N5O4. The third-order valence-corrected chi connectivity index (χ3v) is 5.86. The van der Waals surface area contributed by atoms with Crippen LogP contribution in [0, 0.1) is 0 Å². The van der Waals surface area contributed by atoms with E-state index in [2.05, 4.69) is 27.5 Å². The fraction of sp³-hybridized carbons (Fsp3) is 0.621. The quantitative estimate of drug-likeness (QED) is 0.213. The number of ether oxygens (including phenoxy) is 2. The van der Waals surface area contributed by atoms with E-state index in [1.807, 2.05) is 51.1 Å². The van der Waals surface area contributed by atoms with E-state index in [-0.39, 0.29) is 12.1 Å². The minimum absolute atomic E-state index is 0.00831. The van der Waals surface area contributed by atoms with Gasteiger partial charge in [0.1, 0.15) is 17.2 Å². The van der Waals surface area contributed by atoms with Gasteiger partial charge in [-0.15, -0.1) is 0 Å². The van der Waals surface area contributed by atoms with Crippen molar-refractivity contribution in [1.29, 1.82) is 0 Å². The molecular weight excluding hydrogens is 482 g/mol. The minimum Gasteiger partial charge on any atom is -0.494 e. The van der Waals surface area contributed by atoms with Gasteiger partial charge >= 0.3 is 6.09 Å². The summed E-state index contributed by atoms with van der Waals surface area (Å²) in [7, 11) is 1.73. The molecule has 1 aromatic heterocycles. The maximum atomic E-state index is 12.1. The number of aliphatic hydroxyl groups is 1. The first-order valence-electron chi connectivity index (χ1n) is 13.8. The van der Waals surface area contributed by atoms with Crippen molar-refractivity contribution in [2.75, 3.05) is 44.0 Å². The van der Waals surface area contributed by atoms with Gasteiger partial charge in [-0.25, -0.2) is 9.78 Å². The van der Waals surface area contributed by atoms with E-state index in [0.29, 0.717) is 32.1 Å². The van der Waals surface area contributed by atoms with E-state index in [1.54, 1.807) is 18.1 Å². The summed E-state index contributed by atoms with van der Waals surface area (Å²) in [5, 5.41) is 15.6. The average Bonchev–Trinajstić information content (AvgIpc) is 2.87. The van der Waals surface area contributed by atoms with Crippen molar-refractivity contribution in [2.24, 2.45) is 0 Å². The molecule has 1 atom stereocenters. The summed E-state index contributed by atoms with van der Waals surface area (Å²) in [4.78, 5) is 22.6. The second kappa shape index (κ2) is 16.7. The summed E-state index contributed by atoms with van der Waals surface area (Å²) in [5.41, 5.74) is 0.563. The Balaban J connectivity index is 1.75. The smallest absolute Gasteiger partial charge is 0.410 e. The van der Waals surface area contributed by atoms with Crippen molar-refractivity contribution in [3.8, 4) is 5.75 Å². The highest BCUT2D eigenvalue weighted by Crippen LogP contribution is 2.22. The molecule has 0 aliphatic carbocycles. The number of rotatable bonds is 17. The van der Waals surface area contributed by atoms with Crippen LogP contribution in [0.2, 0.25) is 0 Å². The van der Waals surface area contributed by atoms with Crippen LogP contribution in [0.25, 0.3) is 0 Å². The SMILES string of the molecule is C[C@@H](Nc1nccc(NCCCCCCCCO)n1)c1cccc(OCCCN(C)C(=O)OC(C)(C)C)c1. The number of unbranched alkanes of at least 4 members (excludes halogenated alkanes) is 5. The third kappa shape index (κ3) is 12.9. The Kier molecular flexibility index (Phi) is 13.7. The van der Waals surface area contributed by atoms with Crippen molar-refractivity contribution in [2.45, 2.75) is 84.3 Å². The molecule has 0 aliphatic rings. The van der Waals surface area contributed by atoms with E-state index in [0.717, 1.165) is 42.9 Å². The standard InChI is InChI=1S/C29H47N5O4/c1-23(32-27-31-18-16-26(33-27)30-17-10-8-6-7-9-11-20-35)24-14-12-15-25(22-24)37-21-13-19-34(5)28(36)38-29(2,3)4/h12,14-16,18,22-23,35H,6-11,13,17,19-21H2,1-5H3,(H2,30,31,32,33)/t23-/m1/s1. The molecule has 1 heterocycles. The highest BCUT2D eigenvalue weighted by atomic mass is 16.6. The number of carbonyl (C=O) groups excluding carboxylic acids is 1. The van der Waals surface area contributed by atoms with Gasteiger partial charge in [-0.3, -0.25) is 0 Å². The summed E-state index contributed by atoms with van der Waals surface area (Å²) in [5.74, 6) is 2.16. The molecule has 0 radical (unpaired) electrons. The average molecular weight is 530 g/mol. The molecule has 38 heavy (non-hydrogen) atoms. The second-order valence-corrected chi connectivity index (χ2v) is 10.6. The molecule has 2 rings (SSSR count). The zero-order chi connectivity index (χ0) is 27.8. The Labute approximate surface area is 228 Å². The monoisotopic (exact) mass is 529 g/mol. The fourth-order valence-electron chi connectivity index (χ4n) is 3.76. The van der Waals surface area contributed by atoms with Crippen molar-refractivity contribution in [3.63, 3.8) is 0 Å². The van der Waals surface area contributed by atoms with Crippen molar-refractivity contribution in [3.05, 3.63) is 42.1 Å². The van der Waals surface area contributed by atoms with E-state index in [1.165, 1.54) is 19.3 Å². The van der Waals surface area contributed by atoms with E-state index in [4.69, 9.17) is 14.6 Å². The molecule has 2 aromatic rings. The number of aromatic nitrogens is 2. The number of carbonyl (C=O) groups is 1. The molecule has 3 N–H and O–H groups in total. The fourth-order valence-corrected chi connectivity index (χ4v) is 3.76. The number of hydrogen-bond acceptors (Lipinski definition) is 8. The van der Waals surface area contributed by atoms with Crippen LogP contribution < -0.4 is 15.4 Å². The molecule has 0 aliphatic heterocycles. The Bertz CT molecular complexity index is 951. The lowest BCUT2D eigenvalue weighted by Gasteiger charge is -2.24. The molecule has 0 saturated carbocycles. The predicted octanol–water partition coefficient (Wildman–Crippen LogP) is 6.03. The molecule has 9 nitrogen and oxygen atoms in total. The van der Waals surface area contributed by atoms with Crippen molar-refractivity contribution < 1.29 is 19.4 Å². The number of anilines is 2. The lowest BCUT2D eigenvalue weighted by molar-refractivity contribution is 0.0292. The molecule has 0 saturated heterocycles. The predicted molar refractivity (Wildman–Crippen MR) is 153 cm³/mol. The summed E-state index contributed by atoms with van der Waals surface area (Å²) < 4.78 is 11.3. The van der Waals surface area contributed by atoms with Gasteiger partial charge in [-0.1, -0.05) is 37.8 Å². The van der Waals surface area contributed by atoms with Gasteiger partial charge < -0.3 is 30.1 Å². The Morgan fingerprint density at radius 3 is 2.55 bits per heavy atom. The number of nitrogens with zero attached hydrogens (tertiary/aromatic N) is 3. The molecule has 9 heteroatoms. The van der Waals surface area contributed by atoms with Gasteiger partial charge in [0.2, 0.25) is 5.95 Å². The van der Waals surface area contributed by atoms with Crippen LogP contribution in [0.15, 0.2) is 36.5 Å². The molecule has 212 valence electrons. The zero-order valence-corrected chi connectivity index (χ0v) is 23.8. The van der Waals surface area contributed by atoms with Crippen LogP contribution >= 0.6 is 0 Å². The van der Waals surface area contributed by atoms with E-state index < -0.39 is 5.60 Å². The zero-order valence-electron chi connectivity index (χ0n) is 23.8. The number of nitrogens with one attached hydrogen (secondary N) is 2. The summed E-state index contributed by atoms with van der Waals surface area (Å²) in [6, 6.07) is 9.83. The lowest BCUT2D eigenvalue weighted by atomic mass is 10.1. The number of amides is 1. The van der Waals surface area contributed by atoms with E-state index >= 15 is 0 Å². The first-order chi connectivity index (χ1) is 18.2. The Morgan fingerprint density at radius 1 is 1.08 bits per heavy atom. The van der Waals surface area contributed by atoms with Gasteiger partial charge in [0, 0.05) is 32.9 Å². The first-order valence-corrected chi connectivity index (χ1v) is 13.8. The molecule has 0 spiro atoms. The number of hydrogen-bond donors (Lipinski definition) is 3. The Morgan fingerprint density at radius 2 is 1.82 bits per heavy atom. The molecule has 0 unspecified atom stereocenters. The van der Waals surface area contributed by atoms with Crippen LogP contribution in [-0.2, 0) is 4.74 Å². The summed E-state index contributed by atoms with van der Waals surface area (Å²) in [6.07, 6.45) is 8.77. The van der Waals surface area contributed by atoms with Crippen molar-refractivity contribution in [1.82, 2.24) is 14.9 Å². The first kappa shape index (κ1) is 31.1. The van der Waals surface area contributed by atoms with Crippen LogP contribution in [0.5, 0.6) is 5.75 Å². The van der Waals surface area contributed by atoms with Gasteiger partial charge in [-0.2, -0.15) is 4.98 Å². The Hall–Kier alpha value is -3.07. The van der Waals surface area contributed by atoms with Crippen LogP contribution in [0.3, 0.4) is 0 Å². The van der Waals surface area contributed by atoms with Gasteiger partial charge in [0.15, 0.2) is 0 Å². The minimum atomic E-state index is -0.503. The number of benzene rings is 1. The largest absolute Gasteiger partial charge is 0.494 e. The van der Waals surface area contributed by atoms with Crippen LogP contribution in [-0.4, -0.2) is 65.0 Å². The van der Waals surface area contributed by atoms with Crippen LogP contribution in [0.4, 0.5) is 16.6 Å². The molecule has 1 amide bonds. The number of aliphatic hydroxyl groups excluding tert-OH is 1. The maximum absolute atomic E-state index is 12.1. The van der Waals surface area contributed by atoms with Crippen molar-refractivity contribution >= 4 is 17.9 Å². The lowest BCUT2D eigenvalue weighted by Crippen LogP contribution is -2.35. The molecule has 0 bridgehead atoms. The van der Waals surface area contributed by atoms with Gasteiger partial charge in [0.05, 0.1) is 12.6 Å². The van der Waals surface area contributed by atoms with Crippen LogP contribution in [0.1, 0.15) is 84.2 Å².